The van der Waals surface area contributed by atoms with Crippen LogP contribution >= 0.6 is 0 Å². The Labute approximate surface area is 177 Å². The molecule has 168 valence electrons. The van der Waals surface area contributed by atoms with Crippen molar-refractivity contribution in [2.75, 3.05) is 45.9 Å². The summed E-state index contributed by atoms with van der Waals surface area (Å²) in [6.07, 6.45) is 1.90. The van der Waals surface area contributed by atoms with E-state index >= 15 is 0 Å². The first-order chi connectivity index (χ1) is 14.0. The van der Waals surface area contributed by atoms with Gasteiger partial charge in [-0.15, -0.1) is 0 Å². The molecule has 9 nitrogen and oxygen atoms in total. The van der Waals surface area contributed by atoms with Gasteiger partial charge in [0.1, 0.15) is 10.6 Å². The summed E-state index contributed by atoms with van der Waals surface area (Å²) in [5.74, 6) is -0.333. The van der Waals surface area contributed by atoms with E-state index in [2.05, 4.69) is 0 Å². The summed E-state index contributed by atoms with van der Waals surface area (Å²) >= 11 is 0. The van der Waals surface area contributed by atoms with E-state index in [0.29, 0.717) is 13.0 Å². The fourth-order valence-electron chi connectivity index (χ4n) is 3.80. The molecular weight excluding hydrogens is 432 g/mol. The van der Waals surface area contributed by atoms with E-state index in [1.54, 1.807) is 0 Å². The summed E-state index contributed by atoms with van der Waals surface area (Å²) in [5.41, 5.74) is 0.165. The van der Waals surface area contributed by atoms with Gasteiger partial charge in [0, 0.05) is 38.9 Å². The zero-order chi connectivity index (χ0) is 22.1. The molecule has 2 fully saturated rings. The van der Waals surface area contributed by atoms with Crippen LogP contribution in [0.15, 0.2) is 23.1 Å². The van der Waals surface area contributed by atoms with Gasteiger partial charge in [-0.25, -0.2) is 21.1 Å². The molecule has 1 amide bonds. The predicted molar refractivity (Wildman–Crippen MR) is 111 cm³/mol. The van der Waals surface area contributed by atoms with Gasteiger partial charge >= 0.3 is 0 Å². The normalized spacial score (nSPS) is 23.6. The van der Waals surface area contributed by atoms with Crippen LogP contribution in [0.1, 0.15) is 29.6 Å². The second kappa shape index (κ2) is 8.81. The lowest BCUT2D eigenvalue weighted by atomic mass is 10.1. The van der Waals surface area contributed by atoms with Crippen LogP contribution in [-0.4, -0.2) is 90.0 Å². The molecule has 0 spiro atoms. The number of rotatable bonds is 7. The van der Waals surface area contributed by atoms with Gasteiger partial charge in [-0.2, -0.15) is 0 Å². The summed E-state index contributed by atoms with van der Waals surface area (Å²) in [7, 11) is -2.89. The van der Waals surface area contributed by atoms with E-state index in [4.69, 9.17) is 9.47 Å². The van der Waals surface area contributed by atoms with Crippen molar-refractivity contribution in [3.05, 3.63) is 23.8 Å². The summed E-state index contributed by atoms with van der Waals surface area (Å²) in [4.78, 5) is 14.8. The largest absolute Gasteiger partial charge is 0.495 e. The zero-order valence-corrected chi connectivity index (χ0v) is 19.0. The van der Waals surface area contributed by atoms with E-state index in [-0.39, 0.29) is 40.4 Å². The third-order valence-corrected chi connectivity index (χ3v) is 9.09. The van der Waals surface area contributed by atoms with E-state index < -0.39 is 31.8 Å². The first-order valence-electron chi connectivity index (χ1n) is 9.79. The van der Waals surface area contributed by atoms with E-state index in [1.165, 1.54) is 44.3 Å². The highest BCUT2D eigenvalue weighted by Gasteiger charge is 2.37. The predicted octanol–water partition coefficient (Wildman–Crippen LogP) is 0.754. The molecule has 1 aromatic carbocycles. The number of nitrogens with zero attached hydrogens (tertiary/aromatic N) is 2. The lowest BCUT2D eigenvalue weighted by molar-refractivity contribution is 0.0441. The molecule has 0 aliphatic carbocycles. The van der Waals surface area contributed by atoms with Crippen molar-refractivity contribution >= 4 is 25.8 Å². The van der Waals surface area contributed by atoms with Gasteiger partial charge in [0.25, 0.3) is 5.91 Å². The van der Waals surface area contributed by atoms with Crippen LogP contribution in [0.2, 0.25) is 0 Å². The van der Waals surface area contributed by atoms with Gasteiger partial charge in [0.15, 0.2) is 9.84 Å². The average molecular weight is 461 g/mol. The van der Waals surface area contributed by atoms with Crippen LogP contribution in [-0.2, 0) is 24.6 Å². The first kappa shape index (κ1) is 23.0. The molecule has 2 atom stereocenters. The van der Waals surface area contributed by atoms with Crippen LogP contribution in [0.25, 0.3) is 0 Å². The quantitative estimate of drug-likeness (QED) is 0.591. The van der Waals surface area contributed by atoms with Crippen molar-refractivity contribution in [3.63, 3.8) is 0 Å². The van der Waals surface area contributed by atoms with Gasteiger partial charge in [0.2, 0.25) is 10.0 Å². The summed E-state index contributed by atoms with van der Waals surface area (Å²) in [6.45, 7) is 0.893. The molecule has 2 heterocycles. The highest BCUT2D eigenvalue weighted by atomic mass is 32.2. The van der Waals surface area contributed by atoms with E-state index in [9.17, 15) is 21.6 Å². The number of hydrogen-bond donors (Lipinski definition) is 0. The molecule has 0 N–H and O–H groups in total. The number of sulfone groups is 1. The molecule has 1 aromatic rings. The van der Waals surface area contributed by atoms with E-state index in [1.807, 2.05) is 0 Å². The van der Waals surface area contributed by atoms with Crippen molar-refractivity contribution in [3.8, 4) is 5.75 Å². The number of amides is 1. The van der Waals surface area contributed by atoms with E-state index in [0.717, 1.165) is 17.1 Å². The molecule has 11 heteroatoms. The molecular formula is C19H28N2O7S2. The van der Waals surface area contributed by atoms with Gasteiger partial charge in [0.05, 0.1) is 24.7 Å². The Bertz CT molecular complexity index is 1000. The Morgan fingerprint density at radius 1 is 1.27 bits per heavy atom. The molecule has 2 unspecified atom stereocenters. The summed E-state index contributed by atoms with van der Waals surface area (Å²) < 4.78 is 61.3. The molecule has 0 saturated carbocycles. The second-order valence-corrected chi connectivity index (χ2v) is 12.2. The maximum Gasteiger partial charge on any atom is 0.254 e. The minimum atomic E-state index is -3.84. The molecule has 2 aliphatic heterocycles. The third kappa shape index (κ3) is 4.79. The van der Waals surface area contributed by atoms with Crippen molar-refractivity contribution < 1.29 is 31.1 Å². The Balaban J connectivity index is 1.97. The molecule has 3 rings (SSSR count). The molecule has 0 radical (unpaired) electrons. The van der Waals surface area contributed by atoms with Gasteiger partial charge < -0.3 is 14.4 Å². The van der Waals surface area contributed by atoms with Crippen LogP contribution in [0.5, 0.6) is 5.75 Å². The number of methoxy groups -OCH3 is 1. The van der Waals surface area contributed by atoms with Gasteiger partial charge in [-0.1, -0.05) is 0 Å². The summed E-state index contributed by atoms with van der Waals surface area (Å²) in [5, 5.41) is 0. The Morgan fingerprint density at radius 3 is 2.53 bits per heavy atom. The maximum atomic E-state index is 13.4. The topological polar surface area (TPSA) is 110 Å². The Kier molecular flexibility index (Phi) is 6.75. The minimum Gasteiger partial charge on any atom is -0.495 e. The van der Waals surface area contributed by atoms with Crippen molar-refractivity contribution in [2.45, 2.75) is 36.3 Å². The first-order valence-corrected chi connectivity index (χ1v) is 13.0. The maximum absolute atomic E-state index is 13.4. The lowest BCUT2D eigenvalue weighted by Crippen LogP contribution is -2.45. The SMILES string of the molecule is COc1ccc(C(=O)N(CC2CCCO2)C2CCS(=O)(=O)C2)cc1S(=O)(=O)N(C)C. The lowest BCUT2D eigenvalue weighted by Gasteiger charge is -2.31. The monoisotopic (exact) mass is 460 g/mol. The average Bonchev–Trinajstić information content (AvgIpc) is 3.33. The van der Waals surface area contributed by atoms with Gasteiger partial charge in [-0.05, 0) is 37.5 Å². The van der Waals surface area contributed by atoms with Crippen molar-refractivity contribution in [1.29, 1.82) is 0 Å². The van der Waals surface area contributed by atoms with Crippen LogP contribution in [0, 0.1) is 0 Å². The zero-order valence-electron chi connectivity index (χ0n) is 17.4. The van der Waals surface area contributed by atoms with Crippen LogP contribution in [0.4, 0.5) is 0 Å². The number of sulfonamides is 1. The molecule has 30 heavy (non-hydrogen) atoms. The van der Waals surface area contributed by atoms with Crippen LogP contribution in [0.3, 0.4) is 0 Å². The fourth-order valence-corrected chi connectivity index (χ4v) is 6.61. The summed E-state index contributed by atoms with van der Waals surface area (Å²) in [6, 6.07) is 3.78. The number of carbonyl (C=O) groups excluding carboxylic acids is 1. The number of hydrogen-bond acceptors (Lipinski definition) is 7. The standard InChI is InChI=1S/C19H28N2O7S2/c1-20(2)30(25,26)18-11-14(6-7-17(18)27-3)19(22)21(12-16-5-4-9-28-16)15-8-10-29(23,24)13-15/h6-7,11,15-16H,4-5,8-10,12-13H2,1-3H3. The number of carbonyl (C=O) groups is 1. The number of ether oxygens (including phenoxy) is 2. The molecule has 2 aliphatic rings. The smallest absolute Gasteiger partial charge is 0.254 e. The van der Waals surface area contributed by atoms with Crippen molar-refractivity contribution in [2.24, 2.45) is 0 Å². The minimum absolute atomic E-state index is 0.0375. The highest BCUT2D eigenvalue weighted by molar-refractivity contribution is 7.91. The highest BCUT2D eigenvalue weighted by Crippen LogP contribution is 2.29. The third-order valence-electron chi connectivity index (χ3n) is 5.50. The van der Waals surface area contributed by atoms with Crippen LogP contribution < -0.4 is 4.74 Å². The van der Waals surface area contributed by atoms with Gasteiger partial charge in [-0.3, -0.25) is 4.79 Å². The Morgan fingerprint density at radius 2 is 2.00 bits per heavy atom. The molecule has 0 aromatic heterocycles. The molecule has 0 bridgehead atoms. The van der Waals surface area contributed by atoms with Crippen molar-refractivity contribution in [1.82, 2.24) is 9.21 Å². The fraction of sp³-hybridized carbons (Fsp3) is 0.632. The second-order valence-electron chi connectivity index (χ2n) is 7.80. The molecule has 2 saturated heterocycles. The number of benzene rings is 1. The Hall–Kier alpha value is -1.69.